The van der Waals surface area contributed by atoms with E-state index in [0.29, 0.717) is 6.54 Å². The standard InChI is InChI=1S/C16H21NO3/c18-15(13-9-3-4-10-14(13)16(19)20)17-11-5-8-12-6-1-2-7-12/h3-4,9-10,12H,1-2,5-8,11H2,(H,17,18)(H,19,20). The van der Waals surface area contributed by atoms with Crippen molar-refractivity contribution >= 4 is 11.9 Å². The molecule has 0 spiro atoms. The van der Waals surface area contributed by atoms with Crippen molar-refractivity contribution < 1.29 is 14.7 Å². The van der Waals surface area contributed by atoms with Gasteiger partial charge in [-0.05, 0) is 30.9 Å². The number of aromatic carboxylic acids is 1. The molecule has 1 aliphatic carbocycles. The number of carbonyl (C=O) groups excluding carboxylic acids is 1. The lowest BCUT2D eigenvalue weighted by Gasteiger charge is -2.10. The van der Waals surface area contributed by atoms with E-state index < -0.39 is 5.97 Å². The van der Waals surface area contributed by atoms with Gasteiger partial charge in [0.1, 0.15) is 0 Å². The Morgan fingerprint density at radius 1 is 1.15 bits per heavy atom. The van der Waals surface area contributed by atoms with Crippen LogP contribution in [0.3, 0.4) is 0 Å². The monoisotopic (exact) mass is 275 g/mol. The van der Waals surface area contributed by atoms with Crippen LogP contribution in [-0.4, -0.2) is 23.5 Å². The second-order valence-corrected chi connectivity index (χ2v) is 5.40. The molecule has 0 saturated heterocycles. The van der Waals surface area contributed by atoms with E-state index in [-0.39, 0.29) is 17.0 Å². The minimum Gasteiger partial charge on any atom is -0.478 e. The summed E-state index contributed by atoms with van der Waals surface area (Å²) in [5, 5.41) is 11.9. The molecule has 20 heavy (non-hydrogen) atoms. The van der Waals surface area contributed by atoms with Gasteiger partial charge in [0.2, 0.25) is 0 Å². The summed E-state index contributed by atoms with van der Waals surface area (Å²) in [6.07, 6.45) is 7.42. The molecule has 4 heteroatoms. The number of benzene rings is 1. The summed E-state index contributed by atoms with van der Waals surface area (Å²) in [4.78, 5) is 23.0. The normalized spacial score (nSPS) is 15.2. The highest BCUT2D eigenvalue weighted by Gasteiger charge is 2.16. The zero-order valence-electron chi connectivity index (χ0n) is 11.6. The van der Waals surface area contributed by atoms with E-state index in [1.54, 1.807) is 18.2 Å². The molecule has 0 bridgehead atoms. The fourth-order valence-electron chi connectivity index (χ4n) is 2.85. The second kappa shape index (κ2) is 7.08. The van der Waals surface area contributed by atoms with Gasteiger partial charge >= 0.3 is 5.97 Å². The van der Waals surface area contributed by atoms with Gasteiger partial charge in [0.15, 0.2) is 0 Å². The van der Waals surface area contributed by atoms with Gasteiger partial charge < -0.3 is 10.4 Å². The lowest BCUT2D eigenvalue weighted by Crippen LogP contribution is -2.26. The molecule has 1 saturated carbocycles. The van der Waals surface area contributed by atoms with Crippen molar-refractivity contribution in [3.8, 4) is 0 Å². The molecule has 0 radical (unpaired) electrons. The number of carboxylic acid groups (broad SMARTS) is 1. The molecule has 4 nitrogen and oxygen atoms in total. The lowest BCUT2D eigenvalue weighted by atomic mass is 10.0. The SMILES string of the molecule is O=C(O)c1ccccc1C(=O)NCCCC1CCCC1. The molecule has 1 aliphatic rings. The molecule has 2 N–H and O–H groups in total. The predicted molar refractivity (Wildman–Crippen MR) is 76.9 cm³/mol. The molecule has 108 valence electrons. The Kier molecular flexibility index (Phi) is 5.16. The minimum atomic E-state index is -1.07. The molecule has 1 fully saturated rings. The first-order valence-electron chi connectivity index (χ1n) is 7.29. The van der Waals surface area contributed by atoms with E-state index in [4.69, 9.17) is 5.11 Å². The molecule has 0 heterocycles. The first kappa shape index (κ1) is 14.6. The molecule has 0 atom stereocenters. The summed E-state index contributed by atoms with van der Waals surface area (Å²) >= 11 is 0. The van der Waals surface area contributed by atoms with Crippen LogP contribution in [0, 0.1) is 5.92 Å². The van der Waals surface area contributed by atoms with Crippen LogP contribution >= 0.6 is 0 Å². The molecule has 0 aromatic heterocycles. The van der Waals surface area contributed by atoms with E-state index >= 15 is 0 Å². The van der Waals surface area contributed by atoms with Crippen molar-refractivity contribution in [3.05, 3.63) is 35.4 Å². The predicted octanol–water partition coefficient (Wildman–Crippen LogP) is 3.09. The lowest BCUT2D eigenvalue weighted by molar-refractivity contribution is 0.0691. The topological polar surface area (TPSA) is 66.4 Å². The summed E-state index contributed by atoms with van der Waals surface area (Å²) in [6.45, 7) is 0.614. The van der Waals surface area contributed by atoms with Gasteiger partial charge in [0.05, 0.1) is 11.1 Å². The average Bonchev–Trinajstić information content (AvgIpc) is 2.96. The van der Waals surface area contributed by atoms with E-state index in [9.17, 15) is 9.59 Å². The molecular weight excluding hydrogens is 254 g/mol. The third-order valence-corrected chi connectivity index (χ3v) is 3.95. The van der Waals surface area contributed by atoms with E-state index in [0.717, 1.165) is 18.8 Å². The molecule has 1 aromatic carbocycles. The zero-order chi connectivity index (χ0) is 14.4. The number of hydrogen-bond donors (Lipinski definition) is 2. The number of carbonyl (C=O) groups is 2. The largest absolute Gasteiger partial charge is 0.478 e. The number of amides is 1. The van der Waals surface area contributed by atoms with Gasteiger partial charge in [-0.1, -0.05) is 37.8 Å². The Hall–Kier alpha value is -1.84. The highest BCUT2D eigenvalue weighted by atomic mass is 16.4. The maximum Gasteiger partial charge on any atom is 0.336 e. The Morgan fingerprint density at radius 2 is 1.80 bits per heavy atom. The summed E-state index contributed by atoms with van der Waals surface area (Å²) < 4.78 is 0. The third kappa shape index (κ3) is 3.83. The first-order chi connectivity index (χ1) is 9.68. The highest BCUT2D eigenvalue weighted by Crippen LogP contribution is 2.28. The average molecular weight is 275 g/mol. The van der Waals surface area contributed by atoms with Crippen molar-refractivity contribution in [2.24, 2.45) is 5.92 Å². The van der Waals surface area contributed by atoms with Gasteiger partial charge in [0, 0.05) is 6.54 Å². The van der Waals surface area contributed by atoms with Crippen molar-refractivity contribution in [3.63, 3.8) is 0 Å². The summed E-state index contributed by atoms with van der Waals surface area (Å²) in [5.41, 5.74) is 0.293. The van der Waals surface area contributed by atoms with Gasteiger partial charge in [-0.25, -0.2) is 4.79 Å². The van der Waals surface area contributed by atoms with Crippen molar-refractivity contribution in [1.29, 1.82) is 0 Å². The van der Waals surface area contributed by atoms with Gasteiger partial charge in [0.25, 0.3) is 5.91 Å². The highest BCUT2D eigenvalue weighted by molar-refractivity contribution is 6.04. The Balaban J connectivity index is 1.81. The van der Waals surface area contributed by atoms with Crippen LogP contribution < -0.4 is 5.32 Å². The summed E-state index contributed by atoms with van der Waals surface area (Å²) in [6, 6.07) is 6.31. The van der Waals surface area contributed by atoms with Crippen LogP contribution in [0.1, 0.15) is 59.2 Å². The molecule has 0 unspecified atom stereocenters. The maximum absolute atomic E-state index is 12.0. The van der Waals surface area contributed by atoms with E-state index in [1.165, 1.54) is 31.7 Å². The maximum atomic E-state index is 12.0. The molecular formula is C16H21NO3. The fraction of sp³-hybridized carbons (Fsp3) is 0.500. The molecule has 0 aliphatic heterocycles. The third-order valence-electron chi connectivity index (χ3n) is 3.95. The number of rotatable bonds is 6. The van der Waals surface area contributed by atoms with Gasteiger partial charge in [-0.3, -0.25) is 4.79 Å². The van der Waals surface area contributed by atoms with Gasteiger partial charge in [-0.2, -0.15) is 0 Å². The Bertz CT molecular complexity index is 478. The quantitative estimate of drug-likeness (QED) is 0.784. The smallest absolute Gasteiger partial charge is 0.336 e. The summed E-state index contributed by atoms with van der Waals surface area (Å²) in [5.74, 6) is -0.547. The molecule has 1 amide bonds. The number of hydrogen-bond acceptors (Lipinski definition) is 2. The Morgan fingerprint density at radius 3 is 2.45 bits per heavy atom. The van der Waals surface area contributed by atoms with Crippen LogP contribution in [0.5, 0.6) is 0 Å². The molecule has 2 rings (SSSR count). The fourth-order valence-corrected chi connectivity index (χ4v) is 2.85. The number of carboxylic acids is 1. The second-order valence-electron chi connectivity index (χ2n) is 5.40. The van der Waals surface area contributed by atoms with Crippen LogP contribution in [0.4, 0.5) is 0 Å². The van der Waals surface area contributed by atoms with Crippen molar-refractivity contribution in [2.45, 2.75) is 38.5 Å². The van der Waals surface area contributed by atoms with Crippen LogP contribution in [0.2, 0.25) is 0 Å². The van der Waals surface area contributed by atoms with Gasteiger partial charge in [-0.15, -0.1) is 0 Å². The van der Waals surface area contributed by atoms with Crippen LogP contribution in [0.15, 0.2) is 24.3 Å². The van der Waals surface area contributed by atoms with E-state index in [1.807, 2.05) is 0 Å². The van der Waals surface area contributed by atoms with Crippen LogP contribution in [-0.2, 0) is 0 Å². The first-order valence-corrected chi connectivity index (χ1v) is 7.29. The molecule has 1 aromatic rings. The van der Waals surface area contributed by atoms with E-state index in [2.05, 4.69) is 5.32 Å². The zero-order valence-corrected chi connectivity index (χ0v) is 11.6. The van der Waals surface area contributed by atoms with Crippen LogP contribution in [0.25, 0.3) is 0 Å². The van der Waals surface area contributed by atoms with Crippen molar-refractivity contribution in [2.75, 3.05) is 6.54 Å². The summed E-state index contributed by atoms with van der Waals surface area (Å²) in [7, 11) is 0. The minimum absolute atomic E-state index is 0.0563. The Labute approximate surface area is 119 Å². The van der Waals surface area contributed by atoms with Crippen molar-refractivity contribution in [1.82, 2.24) is 5.32 Å². The number of nitrogens with one attached hydrogen (secondary N) is 1.